The lowest BCUT2D eigenvalue weighted by Gasteiger charge is -2.34. The summed E-state index contributed by atoms with van der Waals surface area (Å²) in [6, 6.07) is 3.10. The average Bonchev–Trinajstić information content (AvgIpc) is 3.34. The van der Waals surface area contributed by atoms with E-state index in [0.717, 1.165) is 23.9 Å². The molecule has 148 valence electrons. The summed E-state index contributed by atoms with van der Waals surface area (Å²) in [5.74, 6) is 0.643. The molecule has 0 radical (unpaired) electrons. The molecule has 0 saturated carbocycles. The van der Waals surface area contributed by atoms with Gasteiger partial charge in [0.2, 0.25) is 6.41 Å². The monoisotopic (exact) mass is 427 g/mol. The van der Waals surface area contributed by atoms with E-state index < -0.39 is 17.5 Å². The van der Waals surface area contributed by atoms with Gasteiger partial charge in [-0.05, 0) is 12.1 Å². The summed E-state index contributed by atoms with van der Waals surface area (Å²) < 4.78 is 48.9. The second kappa shape index (κ2) is 7.53. The van der Waals surface area contributed by atoms with Crippen LogP contribution in [0.25, 0.3) is 16.2 Å². The first-order chi connectivity index (χ1) is 13.5. The number of carbonyl (C=O) groups excluding carboxylic acids is 1. The van der Waals surface area contributed by atoms with Gasteiger partial charge in [0.1, 0.15) is 22.8 Å². The van der Waals surface area contributed by atoms with Crippen molar-refractivity contribution >= 4 is 40.2 Å². The summed E-state index contributed by atoms with van der Waals surface area (Å²) in [5.41, 5.74) is 0.875. The Morgan fingerprint density at radius 3 is 2.57 bits per heavy atom. The Bertz CT molecular complexity index is 1050. The molecular weight excluding hydrogens is 412 g/mol. The first-order valence-corrected chi connectivity index (χ1v) is 10.2. The lowest BCUT2D eigenvalue weighted by molar-refractivity contribution is -0.118. The lowest BCUT2D eigenvalue weighted by atomic mass is 10.3. The number of rotatable bonds is 5. The van der Waals surface area contributed by atoms with E-state index in [9.17, 15) is 22.3 Å². The number of pyridine rings is 1. The summed E-state index contributed by atoms with van der Waals surface area (Å²) in [5, 5.41) is 0.315. The molecule has 1 amide bonds. The second-order valence-electron chi connectivity index (χ2n) is 6.14. The largest absolute Gasteiger partial charge is 0.354 e. The molecule has 1 fully saturated rings. The first-order valence-electron chi connectivity index (χ1n) is 8.28. The van der Waals surface area contributed by atoms with Crippen molar-refractivity contribution in [2.24, 2.45) is 0 Å². The molecule has 1 unspecified atom stereocenters. The highest BCUT2D eigenvalue weighted by molar-refractivity contribution is 7.79. The van der Waals surface area contributed by atoms with E-state index in [1.54, 1.807) is 21.7 Å². The number of nitrogens with zero attached hydrogens (tertiary/aromatic N) is 5. The van der Waals surface area contributed by atoms with Crippen molar-refractivity contribution in [3.63, 3.8) is 0 Å². The number of piperazine rings is 1. The van der Waals surface area contributed by atoms with E-state index in [4.69, 9.17) is 0 Å². The fraction of sp³-hybridized carbons (Fsp3) is 0.312. The van der Waals surface area contributed by atoms with E-state index in [2.05, 4.69) is 9.97 Å². The van der Waals surface area contributed by atoms with Crippen molar-refractivity contribution in [2.45, 2.75) is 11.3 Å². The molecule has 28 heavy (non-hydrogen) atoms. The highest BCUT2D eigenvalue weighted by Gasteiger charge is 2.22. The van der Waals surface area contributed by atoms with Gasteiger partial charge in [-0.25, -0.2) is 23.0 Å². The Morgan fingerprint density at radius 1 is 1.21 bits per heavy atom. The Balaban J connectivity index is 1.81. The Hall–Kier alpha value is -2.44. The van der Waals surface area contributed by atoms with Crippen LogP contribution in [0.2, 0.25) is 0 Å². The number of anilines is 1. The summed E-state index contributed by atoms with van der Waals surface area (Å²) in [6.07, 6.45) is 0.832. The third kappa shape index (κ3) is 3.38. The molecule has 1 N–H and O–H groups in total. The van der Waals surface area contributed by atoms with E-state index in [0.29, 0.717) is 48.2 Å². The van der Waals surface area contributed by atoms with Crippen molar-refractivity contribution in [1.29, 1.82) is 0 Å². The fourth-order valence-electron chi connectivity index (χ4n) is 3.11. The van der Waals surface area contributed by atoms with Crippen LogP contribution in [0.4, 0.5) is 14.6 Å². The van der Waals surface area contributed by atoms with Crippen molar-refractivity contribution in [2.75, 3.05) is 31.1 Å². The van der Waals surface area contributed by atoms with Gasteiger partial charge in [0.05, 0.1) is 15.3 Å². The zero-order valence-electron chi connectivity index (χ0n) is 14.4. The van der Waals surface area contributed by atoms with E-state index in [-0.39, 0.29) is 9.77 Å². The van der Waals surface area contributed by atoms with Crippen LogP contribution in [-0.4, -0.2) is 60.6 Å². The Labute approximate surface area is 164 Å². The number of imidazole rings is 1. The van der Waals surface area contributed by atoms with Crippen LogP contribution in [0.15, 0.2) is 29.6 Å². The van der Waals surface area contributed by atoms with Gasteiger partial charge in [0.25, 0.3) is 6.43 Å². The van der Waals surface area contributed by atoms with Gasteiger partial charge in [-0.1, -0.05) is 0 Å². The van der Waals surface area contributed by atoms with E-state index in [1.807, 2.05) is 4.90 Å². The molecule has 1 saturated heterocycles. The lowest BCUT2D eigenvalue weighted by Crippen LogP contribution is -2.46. The van der Waals surface area contributed by atoms with Gasteiger partial charge in [-0.3, -0.25) is 9.20 Å². The van der Waals surface area contributed by atoms with Crippen molar-refractivity contribution in [3.05, 3.63) is 29.5 Å². The molecule has 0 aromatic carbocycles. The standard InChI is InChI=1S/C16H15F2N5O3S2/c17-15(18)12-7-19-16(27-12)14-11-5-10(28(25)26)6-13(23(11)8-20-14)22-3-1-21(9-24)2-4-22/h5-9,15H,1-4H2,(H,25,26). The Morgan fingerprint density at radius 2 is 1.96 bits per heavy atom. The highest BCUT2D eigenvalue weighted by Crippen LogP contribution is 2.34. The van der Waals surface area contributed by atoms with Crippen molar-refractivity contribution in [1.82, 2.24) is 19.3 Å². The van der Waals surface area contributed by atoms with Crippen LogP contribution in [-0.2, 0) is 15.9 Å². The number of halogens is 2. The molecule has 4 rings (SSSR count). The average molecular weight is 427 g/mol. The third-order valence-corrected chi connectivity index (χ3v) is 6.18. The number of amides is 1. The number of aromatic nitrogens is 3. The van der Waals surface area contributed by atoms with Crippen molar-refractivity contribution < 1.29 is 22.3 Å². The zero-order valence-corrected chi connectivity index (χ0v) is 16.0. The van der Waals surface area contributed by atoms with Crippen LogP contribution in [0.3, 0.4) is 0 Å². The molecule has 8 nitrogen and oxygen atoms in total. The summed E-state index contributed by atoms with van der Waals surface area (Å²) in [4.78, 5) is 22.9. The normalized spacial score (nSPS) is 16.1. The molecule has 12 heteroatoms. The van der Waals surface area contributed by atoms with Crippen LogP contribution in [0.5, 0.6) is 0 Å². The minimum Gasteiger partial charge on any atom is -0.354 e. The van der Waals surface area contributed by atoms with Gasteiger partial charge in [-0.2, -0.15) is 0 Å². The van der Waals surface area contributed by atoms with Gasteiger partial charge < -0.3 is 14.4 Å². The number of thiazole rings is 1. The third-order valence-electron chi connectivity index (χ3n) is 4.53. The van der Waals surface area contributed by atoms with E-state index in [1.165, 1.54) is 6.07 Å². The number of carbonyl (C=O) groups is 1. The number of hydrogen-bond acceptors (Lipinski definition) is 6. The maximum absolute atomic E-state index is 12.9. The van der Waals surface area contributed by atoms with Gasteiger partial charge in [-0.15, -0.1) is 11.3 Å². The SMILES string of the molecule is O=CN1CCN(c2cc(S(=O)O)cc3c(-c4ncc(C(F)F)s4)ncn23)CC1. The van der Waals surface area contributed by atoms with Crippen LogP contribution in [0.1, 0.15) is 11.3 Å². The van der Waals surface area contributed by atoms with Crippen molar-refractivity contribution in [3.8, 4) is 10.7 Å². The van der Waals surface area contributed by atoms with Gasteiger partial charge in [0.15, 0.2) is 11.1 Å². The number of fused-ring (bicyclic) bond motifs is 1. The molecule has 4 heterocycles. The molecule has 1 atom stereocenters. The summed E-state index contributed by atoms with van der Waals surface area (Å²) in [6.45, 7) is 2.16. The predicted molar refractivity (Wildman–Crippen MR) is 100 cm³/mol. The molecule has 1 aliphatic rings. The Kier molecular flexibility index (Phi) is 5.08. The fourth-order valence-corrected chi connectivity index (χ4v) is 4.31. The molecule has 3 aromatic rings. The minimum atomic E-state index is -2.62. The maximum atomic E-state index is 12.9. The summed E-state index contributed by atoms with van der Waals surface area (Å²) >= 11 is -1.39. The molecule has 0 spiro atoms. The van der Waals surface area contributed by atoms with Crippen LogP contribution in [0, 0.1) is 0 Å². The molecule has 0 bridgehead atoms. The zero-order chi connectivity index (χ0) is 19.8. The first kappa shape index (κ1) is 18.9. The quantitative estimate of drug-likeness (QED) is 0.496. The molecular formula is C16H15F2N5O3S2. The van der Waals surface area contributed by atoms with Crippen LogP contribution < -0.4 is 4.90 Å². The number of hydrogen-bond donors (Lipinski definition) is 1. The topological polar surface area (TPSA) is 91.0 Å². The van der Waals surface area contributed by atoms with Gasteiger partial charge in [0, 0.05) is 32.4 Å². The molecule has 3 aromatic heterocycles. The van der Waals surface area contributed by atoms with E-state index >= 15 is 0 Å². The van der Waals surface area contributed by atoms with Gasteiger partial charge >= 0.3 is 0 Å². The second-order valence-corrected chi connectivity index (χ2v) is 8.18. The maximum Gasteiger partial charge on any atom is 0.274 e. The number of alkyl halides is 2. The summed E-state index contributed by atoms with van der Waals surface area (Å²) in [7, 11) is 0. The molecule has 0 aliphatic carbocycles. The smallest absolute Gasteiger partial charge is 0.274 e. The molecule has 1 aliphatic heterocycles. The van der Waals surface area contributed by atoms with Crippen LogP contribution >= 0.6 is 11.3 Å². The predicted octanol–water partition coefficient (Wildman–Crippen LogP) is 2.25. The minimum absolute atomic E-state index is 0.164. The highest BCUT2D eigenvalue weighted by atomic mass is 32.2.